The fourth-order valence-corrected chi connectivity index (χ4v) is 3.45. The van der Waals surface area contributed by atoms with Crippen molar-refractivity contribution in [2.75, 3.05) is 20.1 Å². The first-order chi connectivity index (χ1) is 11.9. The quantitative estimate of drug-likeness (QED) is 0.743. The summed E-state index contributed by atoms with van der Waals surface area (Å²) in [6, 6.07) is 2.39. The van der Waals surface area contributed by atoms with Crippen LogP contribution < -0.4 is 0 Å². The minimum atomic E-state index is -0.771. The van der Waals surface area contributed by atoms with Crippen LogP contribution in [0.4, 0.5) is 4.39 Å². The summed E-state index contributed by atoms with van der Waals surface area (Å²) in [5, 5.41) is 16.1. The summed E-state index contributed by atoms with van der Waals surface area (Å²) in [6.07, 6.45) is 1.58. The predicted molar refractivity (Wildman–Crippen MR) is 91.5 cm³/mol. The van der Waals surface area contributed by atoms with Crippen molar-refractivity contribution in [3.05, 3.63) is 23.8 Å². The molecule has 1 aliphatic rings. The van der Waals surface area contributed by atoms with Crippen molar-refractivity contribution in [2.24, 2.45) is 7.05 Å². The van der Waals surface area contributed by atoms with Crippen molar-refractivity contribution < 1.29 is 4.39 Å². The molecule has 2 aromatic rings. The van der Waals surface area contributed by atoms with E-state index in [1.54, 1.807) is 6.20 Å². The SMILES string of the molecule is CC(C)n1nnnc1CN(C)C[C@@H]1C[C@H](F)CN1Cc1ccnn1C. The van der Waals surface area contributed by atoms with Gasteiger partial charge in [-0.25, -0.2) is 9.07 Å². The summed E-state index contributed by atoms with van der Waals surface area (Å²) in [5.41, 5.74) is 1.10. The normalized spacial score (nSPS) is 21.7. The first-order valence-electron chi connectivity index (χ1n) is 8.74. The van der Waals surface area contributed by atoms with Gasteiger partial charge < -0.3 is 0 Å². The lowest BCUT2D eigenvalue weighted by molar-refractivity contribution is 0.174. The molecule has 25 heavy (non-hydrogen) atoms. The zero-order chi connectivity index (χ0) is 18.0. The highest BCUT2D eigenvalue weighted by molar-refractivity contribution is 5.02. The molecule has 0 bridgehead atoms. The summed E-state index contributed by atoms with van der Waals surface area (Å²) < 4.78 is 17.7. The number of aromatic nitrogens is 6. The van der Waals surface area contributed by atoms with Crippen LogP contribution in [-0.2, 0) is 20.1 Å². The molecule has 138 valence electrons. The maximum absolute atomic E-state index is 14.0. The zero-order valence-electron chi connectivity index (χ0n) is 15.4. The Morgan fingerprint density at radius 1 is 1.40 bits per heavy atom. The summed E-state index contributed by atoms with van der Waals surface area (Å²) in [6.45, 7) is 6.74. The molecule has 0 radical (unpaired) electrons. The number of halogens is 1. The second-order valence-electron chi connectivity index (χ2n) is 7.19. The Morgan fingerprint density at radius 3 is 2.88 bits per heavy atom. The molecule has 2 atom stereocenters. The van der Waals surface area contributed by atoms with Crippen molar-refractivity contribution >= 4 is 0 Å². The molecule has 0 saturated carbocycles. The number of tetrazole rings is 1. The molecule has 0 aliphatic carbocycles. The van der Waals surface area contributed by atoms with Crippen LogP contribution in [0.2, 0.25) is 0 Å². The van der Waals surface area contributed by atoms with Gasteiger partial charge in [0.1, 0.15) is 6.17 Å². The average Bonchev–Trinajstić information content (AvgIpc) is 3.22. The lowest BCUT2D eigenvalue weighted by atomic mass is 10.2. The molecule has 0 spiro atoms. The summed E-state index contributed by atoms with van der Waals surface area (Å²) >= 11 is 0. The van der Waals surface area contributed by atoms with Crippen LogP contribution in [0.25, 0.3) is 0 Å². The van der Waals surface area contributed by atoms with Gasteiger partial charge in [-0.05, 0) is 43.8 Å². The van der Waals surface area contributed by atoms with Gasteiger partial charge in [-0.3, -0.25) is 14.5 Å². The average molecular weight is 350 g/mol. The van der Waals surface area contributed by atoms with Crippen LogP contribution in [0.5, 0.6) is 0 Å². The highest BCUT2D eigenvalue weighted by atomic mass is 19.1. The van der Waals surface area contributed by atoms with E-state index in [-0.39, 0.29) is 12.1 Å². The molecule has 0 unspecified atom stereocenters. The predicted octanol–water partition coefficient (Wildman–Crippen LogP) is 1.03. The zero-order valence-corrected chi connectivity index (χ0v) is 15.4. The highest BCUT2D eigenvalue weighted by Crippen LogP contribution is 2.23. The third kappa shape index (κ3) is 4.21. The van der Waals surface area contributed by atoms with Crippen molar-refractivity contribution in [3.63, 3.8) is 0 Å². The van der Waals surface area contributed by atoms with E-state index in [9.17, 15) is 4.39 Å². The monoisotopic (exact) mass is 350 g/mol. The Balaban J connectivity index is 1.61. The molecular formula is C16H27FN8. The van der Waals surface area contributed by atoms with E-state index in [4.69, 9.17) is 0 Å². The van der Waals surface area contributed by atoms with Crippen LogP contribution >= 0.6 is 0 Å². The second-order valence-corrected chi connectivity index (χ2v) is 7.19. The van der Waals surface area contributed by atoms with E-state index in [2.05, 4.69) is 44.3 Å². The van der Waals surface area contributed by atoms with E-state index in [1.165, 1.54) is 0 Å². The maximum atomic E-state index is 14.0. The van der Waals surface area contributed by atoms with E-state index >= 15 is 0 Å². The number of aryl methyl sites for hydroxylation is 1. The van der Waals surface area contributed by atoms with Crippen LogP contribution in [0, 0.1) is 0 Å². The van der Waals surface area contributed by atoms with Gasteiger partial charge in [0.25, 0.3) is 0 Å². The number of hydrogen-bond donors (Lipinski definition) is 0. The van der Waals surface area contributed by atoms with Crippen LogP contribution in [0.3, 0.4) is 0 Å². The standard InChI is InChI=1S/C16H27FN8/c1-12(2)25-16(19-20-21-25)11-22(3)9-15-7-13(17)8-24(15)10-14-5-6-18-23(14)4/h5-6,12-13,15H,7-11H2,1-4H3/t13-,15-/m0/s1. The molecule has 2 aromatic heterocycles. The van der Waals surface area contributed by atoms with Crippen molar-refractivity contribution in [3.8, 4) is 0 Å². The summed E-state index contributed by atoms with van der Waals surface area (Å²) in [4.78, 5) is 4.38. The highest BCUT2D eigenvalue weighted by Gasteiger charge is 2.33. The van der Waals surface area contributed by atoms with Crippen molar-refractivity contribution in [1.29, 1.82) is 0 Å². The molecular weight excluding hydrogens is 323 g/mol. The van der Waals surface area contributed by atoms with Gasteiger partial charge in [-0.1, -0.05) is 0 Å². The fourth-order valence-electron chi connectivity index (χ4n) is 3.45. The van der Waals surface area contributed by atoms with E-state index < -0.39 is 6.17 Å². The Morgan fingerprint density at radius 2 is 2.20 bits per heavy atom. The minimum absolute atomic E-state index is 0.179. The number of likely N-dealkylation sites (N-methyl/N-ethyl adjacent to an activating group) is 1. The molecule has 0 aromatic carbocycles. The Kier molecular flexibility index (Phi) is 5.43. The summed E-state index contributed by atoms with van der Waals surface area (Å²) in [7, 11) is 3.96. The molecule has 9 heteroatoms. The smallest absolute Gasteiger partial charge is 0.165 e. The van der Waals surface area contributed by atoms with Crippen molar-refractivity contribution in [2.45, 2.75) is 51.6 Å². The van der Waals surface area contributed by atoms with Gasteiger partial charge in [0.2, 0.25) is 0 Å². The van der Waals surface area contributed by atoms with Gasteiger partial charge in [0.05, 0.1) is 18.3 Å². The first-order valence-corrected chi connectivity index (χ1v) is 8.74. The molecule has 1 fully saturated rings. The molecule has 8 nitrogen and oxygen atoms in total. The number of alkyl halides is 1. The number of rotatable bonds is 7. The van der Waals surface area contributed by atoms with Gasteiger partial charge in [-0.15, -0.1) is 5.10 Å². The lowest BCUT2D eigenvalue weighted by Gasteiger charge is -2.28. The molecule has 0 amide bonds. The van der Waals surface area contributed by atoms with E-state index in [0.29, 0.717) is 19.5 Å². The summed E-state index contributed by atoms with van der Waals surface area (Å²) in [5.74, 6) is 0.838. The third-order valence-corrected chi connectivity index (χ3v) is 4.75. The van der Waals surface area contributed by atoms with E-state index in [0.717, 1.165) is 24.6 Å². The van der Waals surface area contributed by atoms with Gasteiger partial charge in [0.15, 0.2) is 5.82 Å². The Bertz CT molecular complexity index is 681. The van der Waals surface area contributed by atoms with E-state index in [1.807, 2.05) is 29.5 Å². The van der Waals surface area contributed by atoms with Crippen molar-refractivity contribution in [1.82, 2.24) is 39.8 Å². The van der Waals surface area contributed by atoms with Gasteiger partial charge in [0, 0.05) is 38.9 Å². The second kappa shape index (κ2) is 7.57. The minimum Gasteiger partial charge on any atom is -0.297 e. The maximum Gasteiger partial charge on any atom is 0.165 e. The number of hydrogen-bond acceptors (Lipinski definition) is 6. The van der Waals surface area contributed by atoms with Crippen LogP contribution in [0.15, 0.2) is 12.3 Å². The van der Waals surface area contributed by atoms with Crippen LogP contribution in [0.1, 0.15) is 37.8 Å². The Labute approximate surface area is 147 Å². The molecule has 3 rings (SSSR count). The molecule has 1 saturated heterocycles. The van der Waals surface area contributed by atoms with Crippen LogP contribution in [-0.4, -0.2) is 72.1 Å². The largest absolute Gasteiger partial charge is 0.297 e. The number of nitrogens with zero attached hydrogens (tertiary/aromatic N) is 8. The first kappa shape index (κ1) is 17.9. The van der Waals surface area contributed by atoms with Gasteiger partial charge in [-0.2, -0.15) is 5.10 Å². The fraction of sp³-hybridized carbons (Fsp3) is 0.750. The molecule has 1 aliphatic heterocycles. The molecule has 3 heterocycles. The topological polar surface area (TPSA) is 67.9 Å². The lowest BCUT2D eigenvalue weighted by Crippen LogP contribution is -2.39. The third-order valence-electron chi connectivity index (χ3n) is 4.75. The molecule has 0 N–H and O–H groups in total. The van der Waals surface area contributed by atoms with Gasteiger partial charge >= 0.3 is 0 Å². The Hall–Kier alpha value is -1.87. The number of likely N-dealkylation sites (tertiary alicyclic amines) is 1.